The average molecular weight is 282 g/mol. The van der Waals surface area contributed by atoms with Crippen molar-refractivity contribution >= 4 is 12.0 Å². The van der Waals surface area contributed by atoms with Gasteiger partial charge in [-0.05, 0) is 52.4 Å². The molecule has 0 aromatic carbocycles. The normalized spacial score (nSPS) is 25.2. The van der Waals surface area contributed by atoms with E-state index in [1.54, 1.807) is 4.90 Å². The molecule has 2 aliphatic rings. The molecule has 1 atom stereocenters. The number of carbonyl (C=O) groups excluding carboxylic acids is 2. The summed E-state index contributed by atoms with van der Waals surface area (Å²) < 4.78 is 5.39. The molecule has 0 aliphatic carbocycles. The molecular formula is C15H26N2O3. The molecule has 0 aromatic rings. The quantitative estimate of drug-likeness (QED) is 0.803. The van der Waals surface area contributed by atoms with E-state index in [4.69, 9.17) is 4.74 Å². The summed E-state index contributed by atoms with van der Waals surface area (Å²) >= 11 is 0. The van der Waals surface area contributed by atoms with Crippen LogP contribution in [-0.2, 0) is 9.53 Å². The van der Waals surface area contributed by atoms with Crippen LogP contribution in [0.15, 0.2) is 0 Å². The van der Waals surface area contributed by atoms with Gasteiger partial charge in [0.2, 0.25) is 5.91 Å². The summed E-state index contributed by atoms with van der Waals surface area (Å²) in [6, 6.07) is 0.303. The first kappa shape index (κ1) is 15.1. The van der Waals surface area contributed by atoms with Crippen LogP contribution in [0.5, 0.6) is 0 Å². The molecule has 114 valence electrons. The van der Waals surface area contributed by atoms with E-state index in [1.807, 2.05) is 20.8 Å². The summed E-state index contributed by atoms with van der Waals surface area (Å²) in [5, 5.41) is 3.09. The minimum atomic E-state index is -0.439. The summed E-state index contributed by atoms with van der Waals surface area (Å²) in [6.45, 7) is 7.11. The molecule has 2 rings (SSSR count). The van der Waals surface area contributed by atoms with E-state index in [2.05, 4.69) is 5.32 Å². The lowest BCUT2D eigenvalue weighted by Gasteiger charge is -2.38. The van der Waals surface area contributed by atoms with E-state index < -0.39 is 5.60 Å². The number of ether oxygens (including phenoxy) is 1. The highest BCUT2D eigenvalue weighted by molar-refractivity contribution is 5.77. The zero-order chi connectivity index (χ0) is 14.8. The van der Waals surface area contributed by atoms with Crippen LogP contribution in [0.1, 0.15) is 52.9 Å². The van der Waals surface area contributed by atoms with Crippen LogP contribution in [0.25, 0.3) is 0 Å². The smallest absolute Gasteiger partial charge is 0.410 e. The Morgan fingerprint density at radius 1 is 1.25 bits per heavy atom. The first-order chi connectivity index (χ1) is 9.35. The second kappa shape index (κ2) is 6.02. The minimum absolute atomic E-state index is 0.177. The largest absolute Gasteiger partial charge is 0.444 e. The van der Waals surface area contributed by atoms with Gasteiger partial charge in [-0.1, -0.05) is 0 Å². The molecule has 0 aromatic heterocycles. The number of piperidine rings is 2. The highest BCUT2D eigenvalue weighted by Gasteiger charge is 2.32. The van der Waals surface area contributed by atoms with Gasteiger partial charge in [0.1, 0.15) is 5.60 Å². The van der Waals surface area contributed by atoms with E-state index in [0.29, 0.717) is 18.4 Å². The van der Waals surface area contributed by atoms with Gasteiger partial charge < -0.3 is 15.0 Å². The van der Waals surface area contributed by atoms with Gasteiger partial charge in [0, 0.05) is 25.6 Å². The Morgan fingerprint density at radius 3 is 2.45 bits per heavy atom. The highest BCUT2D eigenvalue weighted by atomic mass is 16.6. The van der Waals surface area contributed by atoms with E-state index in [9.17, 15) is 9.59 Å². The van der Waals surface area contributed by atoms with Gasteiger partial charge in [-0.25, -0.2) is 4.79 Å². The van der Waals surface area contributed by atoms with Crippen LogP contribution in [0.2, 0.25) is 0 Å². The third-order valence-electron chi connectivity index (χ3n) is 4.03. The molecule has 5 nitrogen and oxygen atoms in total. The van der Waals surface area contributed by atoms with Crippen LogP contribution in [0.3, 0.4) is 0 Å². The number of hydrogen-bond donors (Lipinski definition) is 1. The lowest BCUT2D eigenvalue weighted by molar-refractivity contribution is -0.124. The number of likely N-dealkylation sites (tertiary alicyclic amines) is 1. The Balaban J connectivity index is 1.80. The SMILES string of the molecule is CC(C)(C)OC(=O)N1CCC([C@@H]2CCCC(=O)N2)CC1. The first-order valence-corrected chi connectivity index (χ1v) is 7.62. The molecule has 0 saturated carbocycles. The van der Waals surface area contributed by atoms with E-state index >= 15 is 0 Å². The van der Waals surface area contributed by atoms with Gasteiger partial charge in [0.15, 0.2) is 0 Å². The van der Waals surface area contributed by atoms with E-state index in [-0.39, 0.29) is 12.0 Å². The summed E-state index contributed by atoms with van der Waals surface area (Å²) in [6.07, 6.45) is 4.40. The van der Waals surface area contributed by atoms with Gasteiger partial charge in [-0.2, -0.15) is 0 Å². The maximum Gasteiger partial charge on any atom is 0.410 e. The summed E-state index contributed by atoms with van der Waals surface area (Å²) in [4.78, 5) is 25.2. The molecular weight excluding hydrogens is 256 g/mol. The fourth-order valence-corrected chi connectivity index (χ4v) is 3.00. The lowest BCUT2D eigenvalue weighted by Crippen LogP contribution is -2.49. The molecule has 0 unspecified atom stereocenters. The number of amides is 2. The zero-order valence-electron chi connectivity index (χ0n) is 12.8. The number of hydrogen-bond acceptors (Lipinski definition) is 3. The second-order valence-corrected chi connectivity index (χ2v) is 6.87. The highest BCUT2D eigenvalue weighted by Crippen LogP contribution is 2.26. The molecule has 1 N–H and O–H groups in total. The number of nitrogens with one attached hydrogen (secondary N) is 1. The van der Waals surface area contributed by atoms with Crippen molar-refractivity contribution < 1.29 is 14.3 Å². The number of nitrogens with zero attached hydrogens (tertiary/aromatic N) is 1. The van der Waals surface area contributed by atoms with Crippen LogP contribution >= 0.6 is 0 Å². The Morgan fingerprint density at radius 2 is 1.90 bits per heavy atom. The number of rotatable bonds is 1. The molecule has 5 heteroatoms. The van der Waals surface area contributed by atoms with Crippen molar-refractivity contribution in [1.82, 2.24) is 10.2 Å². The van der Waals surface area contributed by atoms with Gasteiger partial charge in [0.25, 0.3) is 0 Å². The Kier molecular flexibility index (Phi) is 4.55. The van der Waals surface area contributed by atoms with Gasteiger partial charge in [-0.3, -0.25) is 4.79 Å². The van der Waals surface area contributed by atoms with Crippen molar-refractivity contribution in [3.63, 3.8) is 0 Å². The fourth-order valence-electron chi connectivity index (χ4n) is 3.00. The molecule has 2 aliphatic heterocycles. The molecule has 20 heavy (non-hydrogen) atoms. The monoisotopic (exact) mass is 282 g/mol. The van der Waals surface area contributed by atoms with Crippen molar-refractivity contribution in [2.45, 2.75) is 64.5 Å². The van der Waals surface area contributed by atoms with Crippen LogP contribution < -0.4 is 5.32 Å². The summed E-state index contributed by atoms with van der Waals surface area (Å²) in [5.74, 6) is 0.675. The van der Waals surface area contributed by atoms with Crippen molar-refractivity contribution in [2.75, 3.05) is 13.1 Å². The topological polar surface area (TPSA) is 58.6 Å². The van der Waals surface area contributed by atoms with Crippen LogP contribution in [0, 0.1) is 5.92 Å². The predicted molar refractivity (Wildman–Crippen MR) is 76.3 cm³/mol. The molecule has 2 heterocycles. The fraction of sp³-hybridized carbons (Fsp3) is 0.867. The summed E-state index contributed by atoms with van der Waals surface area (Å²) in [7, 11) is 0. The van der Waals surface area contributed by atoms with E-state index in [1.165, 1.54) is 0 Å². The Hall–Kier alpha value is -1.26. The van der Waals surface area contributed by atoms with Crippen molar-refractivity contribution in [3.05, 3.63) is 0 Å². The minimum Gasteiger partial charge on any atom is -0.444 e. The van der Waals surface area contributed by atoms with Gasteiger partial charge in [0.05, 0.1) is 0 Å². The predicted octanol–water partition coefficient (Wildman–Crippen LogP) is 2.30. The third kappa shape index (κ3) is 4.12. The zero-order valence-corrected chi connectivity index (χ0v) is 12.8. The van der Waals surface area contributed by atoms with Gasteiger partial charge in [-0.15, -0.1) is 0 Å². The maximum absolute atomic E-state index is 12.0. The summed E-state index contributed by atoms with van der Waals surface area (Å²) in [5.41, 5.74) is -0.439. The lowest BCUT2D eigenvalue weighted by atomic mass is 9.85. The van der Waals surface area contributed by atoms with Crippen LogP contribution in [-0.4, -0.2) is 41.6 Å². The second-order valence-electron chi connectivity index (χ2n) is 6.87. The maximum atomic E-state index is 12.0. The third-order valence-corrected chi connectivity index (χ3v) is 4.03. The Labute approximate surface area is 121 Å². The number of carbonyl (C=O) groups is 2. The molecule has 2 fully saturated rings. The van der Waals surface area contributed by atoms with E-state index in [0.717, 1.165) is 38.8 Å². The molecule has 0 radical (unpaired) electrons. The molecule has 0 bridgehead atoms. The van der Waals surface area contributed by atoms with Crippen molar-refractivity contribution in [3.8, 4) is 0 Å². The molecule has 2 amide bonds. The first-order valence-electron chi connectivity index (χ1n) is 7.62. The Bertz CT molecular complexity index is 368. The van der Waals surface area contributed by atoms with Crippen LogP contribution in [0.4, 0.5) is 4.79 Å². The van der Waals surface area contributed by atoms with Gasteiger partial charge >= 0.3 is 6.09 Å². The standard InChI is InChI=1S/C15H26N2O3/c1-15(2,3)20-14(19)17-9-7-11(8-10-17)12-5-4-6-13(18)16-12/h11-12H,4-10H2,1-3H3,(H,16,18)/t12-/m0/s1. The van der Waals surface area contributed by atoms with Crippen molar-refractivity contribution in [1.29, 1.82) is 0 Å². The molecule has 2 saturated heterocycles. The average Bonchev–Trinajstić information content (AvgIpc) is 2.37. The van der Waals surface area contributed by atoms with Crippen molar-refractivity contribution in [2.24, 2.45) is 5.92 Å². The molecule has 0 spiro atoms.